The number of carbonyl (C=O) groups is 2. The summed E-state index contributed by atoms with van der Waals surface area (Å²) in [4.78, 5) is 26.0. The van der Waals surface area contributed by atoms with Gasteiger partial charge in [0.05, 0.1) is 17.9 Å². The maximum Gasteiger partial charge on any atom is 0.414 e. The third kappa shape index (κ3) is 4.20. The number of benzene rings is 3. The van der Waals surface area contributed by atoms with Gasteiger partial charge in [0.15, 0.2) is 5.75 Å². The molecule has 5 nitrogen and oxygen atoms in total. The molecule has 3 aromatic carbocycles. The summed E-state index contributed by atoms with van der Waals surface area (Å²) in [6.45, 7) is 1.98. The maximum atomic E-state index is 12.5. The zero-order valence-electron chi connectivity index (χ0n) is 14.9. The highest BCUT2D eigenvalue weighted by Gasteiger charge is 2.20. The van der Waals surface area contributed by atoms with Gasteiger partial charge in [0.25, 0.3) is 0 Å². The molecule has 0 atom stereocenters. The second-order valence-electron chi connectivity index (χ2n) is 5.82. The van der Waals surface area contributed by atoms with Crippen LogP contribution in [0.4, 0.5) is 10.5 Å². The van der Waals surface area contributed by atoms with Crippen molar-refractivity contribution >= 4 is 40.1 Å². The van der Waals surface area contributed by atoms with Crippen molar-refractivity contribution in [3.05, 3.63) is 71.2 Å². The fourth-order valence-electron chi connectivity index (χ4n) is 2.61. The van der Waals surface area contributed by atoms with E-state index in [0.29, 0.717) is 16.3 Å². The molecule has 0 unspecified atom stereocenters. The van der Waals surface area contributed by atoms with E-state index >= 15 is 0 Å². The molecule has 0 fully saturated rings. The number of ether oxygens (including phenoxy) is 2. The van der Waals surface area contributed by atoms with Crippen LogP contribution in [-0.4, -0.2) is 25.7 Å². The first-order chi connectivity index (χ1) is 13.0. The van der Waals surface area contributed by atoms with Crippen molar-refractivity contribution in [3.8, 4) is 5.75 Å². The molecule has 0 aromatic heterocycles. The Hall–Kier alpha value is -3.05. The lowest BCUT2D eigenvalue weighted by atomic mass is 10.1. The number of fused-ring (bicyclic) bond motifs is 1. The lowest BCUT2D eigenvalue weighted by molar-refractivity contribution is 0.0735. The summed E-state index contributed by atoms with van der Waals surface area (Å²) in [7, 11) is 1.57. The quantitative estimate of drug-likeness (QED) is 0.453. The van der Waals surface area contributed by atoms with Gasteiger partial charge in [-0.1, -0.05) is 35.9 Å². The number of nitrogens with zero attached hydrogens (tertiary/aromatic N) is 1. The van der Waals surface area contributed by atoms with E-state index in [1.165, 1.54) is 4.90 Å². The SMILES string of the molecule is CCOC(=O)N(C)c1cc2ccccc2cc1OC(=O)c1ccc(Cl)cc1. The molecule has 0 aliphatic rings. The first-order valence-electron chi connectivity index (χ1n) is 8.40. The molecule has 0 N–H and O–H groups in total. The lowest BCUT2D eigenvalue weighted by Crippen LogP contribution is -2.27. The molecule has 0 spiro atoms. The Bertz CT molecular complexity index is 985. The highest BCUT2D eigenvalue weighted by molar-refractivity contribution is 6.30. The van der Waals surface area contributed by atoms with Crippen LogP contribution in [0.25, 0.3) is 10.8 Å². The van der Waals surface area contributed by atoms with Crippen molar-refractivity contribution in [2.75, 3.05) is 18.6 Å². The van der Waals surface area contributed by atoms with E-state index < -0.39 is 12.1 Å². The van der Waals surface area contributed by atoms with Gasteiger partial charge >= 0.3 is 12.1 Å². The number of rotatable bonds is 4. The topological polar surface area (TPSA) is 55.8 Å². The number of anilines is 1. The Balaban J connectivity index is 2.01. The summed E-state index contributed by atoms with van der Waals surface area (Å²) in [6, 6.07) is 17.5. The van der Waals surface area contributed by atoms with Gasteiger partial charge < -0.3 is 9.47 Å². The third-order valence-electron chi connectivity index (χ3n) is 4.01. The molecular weight excluding hydrogens is 366 g/mol. The average molecular weight is 384 g/mol. The summed E-state index contributed by atoms with van der Waals surface area (Å²) in [5, 5.41) is 2.33. The van der Waals surface area contributed by atoms with Crippen LogP contribution in [0.2, 0.25) is 5.02 Å². The lowest BCUT2D eigenvalue weighted by Gasteiger charge is -2.20. The molecule has 27 heavy (non-hydrogen) atoms. The number of hydrogen-bond acceptors (Lipinski definition) is 4. The van der Waals surface area contributed by atoms with E-state index in [1.54, 1.807) is 50.4 Å². The highest BCUT2D eigenvalue weighted by atomic mass is 35.5. The summed E-state index contributed by atoms with van der Waals surface area (Å²) in [6.07, 6.45) is -0.531. The minimum Gasteiger partial charge on any atom is -0.449 e. The van der Waals surface area contributed by atoms with Crippen LogP contribution in [0.1, 0.15) is 17.3 Å². The van der Waals surface area contributed by atoms with Gasteiger partial charge in [-0.15, -0.1) is 0 Å². The Kier molecular flexibility index (Phi) is 5.62. The molecule has 0 aliphatic carbocycles. The van der Waals surface area contributed by atoms with Gasteiger partial charge in [-0.3, -0.25) is 4.90 Å². The van der Waals surface area contributed by atoms with Crippen molar-refractivity contribution < 1.29 is 19.1 Å². The van der Waals surface area contributed by atoms with Crippen LogP contribution in [-0.2, 0) is 4.74 Å². The van der Waals surface area contributed by atoms with Gasteiger partial charge in [-0.05, 0) is 54.1 Å². The first kappa shape index (κ1) is 18.7. The van der Waals surface area contributed by atoms with E-state index in [2.05, 4.69) is 0 Å². The molecule has 6 heteroatoms. The van der Waals surface area contributed by atoms with Crippen LogP contribution in [0.5, 0.6) is 5.75 Å². The smallest absolute Gasteiger partial charge is 0.414 e. The molecule has 0 saturated carbocycles. The number of amides is 1. The largest absolute Gasteiger partial charge is 0.449 e. The van der Waals surface area contributed by atoms with Crippen molar-refractivity contribution in [1.82, 2.24) is 0 Å². The van der Waals surface area contributed by atoms with E-state index in [1.807, 2.05) is 24.3 Å². The molecule has 0 heterocycles. The number of halogens is 1. The van der Waals surface area contributed by atoms with Crippen LogP contribution in [0, 0.1) is 0 Å². The molecule has 138 valence electrons. The summed E-state index contributed by atoms with van der Waals surface area (Å²) in [5.41, 5.74) is 0.798. The Labute approximate surface area is 162 Å². The monoisotopic (exact) mass is 383 g/mol. The summed E-state index contributed by atoms with van der Waals surface area (Å²) >= 11 is 5.86. The van der Waals surface area contributed by atoms with Crippen molar-refractivity contribution in [1.29, 1.82) is 0 Å². The van der Waals surface area contributed by atoms with Gasteiger partial charge in [0.1, 0.15) is 0 Å². The third-order valence-corrected chi connectivity index (χ3v) is 4.26. The van der Waals surface area contributed by atoms with E-state index in [-0.39, 0.29) is 12.4 Å². The van der Waals surface area contributed by atoms with E-state index in [0.717, 1.165) is 10.8 Å². The molecule has 0 aliphatic heterocycles. The predicted octanol–water partition coefficient (Wildman–Crippen LogP) is 5.31. The minimum absolute atomic E-state index is 0.247. The standard InChI is InChI=1S/C21H18ClNO4/c1-3-26-21(25)23(2)18-12-15-6-4-5-7-16(15)13-19(18)27-20(24)14-8-10-17(22)11-9-14/h4-13H,3H2,1-2H3. The van der Waals surface area contributed by atoms with Gasteiger partial charge in [0.2, 0.25) is 0 Å². The molecule has 0 saturated heterocycles. The van der Waals surface area contributed by atoms with Crippen molar-refractivity contribution in [2.45, 2.75) is 6.92 Å². The normalized spacial score (nSPS) is 10.5. The van der Waals surface area contributed by atoms with E-state index in [4.69, 9.17) is 21.1 Å². The predicted molar refractivity (Wildman–Crippen MR) is 106 cm³/mol. The Morgan fingerprint density at radius 1 is 1.00 bits per heavy atom. The van der Waals surface area contributed by atoms with Gasteiger partial charge in [-0.25, -0.2) is 9.59 Å². The van der Waals surface area contributed by atoms with Crippen LogP contribution in [0.3, 0.4) is 0 Å². The molecule has 3 aromatic rings. The first-order valence-corrected chi connectivity index (χ1v) is 8.78. The highest BCUT2D eigenvalue weighted by Crippen LogP contribution is 2.34. The number of esters is 1. The summed E-state index contributed by atoms with van der Waals surface area (Å²) < 4.78 is 10.7. The fourth-order valence-corrected chi connectivity index (χ4v) is 2.74. The molecular formula is C21H18ClNO4. The van der Waals surface area contributed by atoms with Crippen LogP contribution < -0.4 is 9.64 Å². The Morgan fingerprint density at radius 3 is 2.26 bits per heavy atom. The average Bonchev–Trinajstić information content (AvgIpc) is 2.67. The number of carbonyl (C=O) groups excluding carboxylic acids is 2. The molecule has 3 rings (SSSR count). The zero-order valence-corrected chi connectivity index (χ0v) is 15.7. The van der Waals surface area contributed by atoms with Crippen LogP contribution >= 0.6 is 11.6 Å². The van der Waals surface area contributed by atoms with Crippen molar-refractivity contribution in [2.24, 2.45) is 0 Å². The Morgan fingerprint density at radius 2 is 1.63 bits per heavy atom. The maximum absolute atomic E-state index is 12.5. The fraction of sp³-hybridized carbons (Fsp3) is 0.143. The molecule has 1 amide bonds. The second kappa shape index (κ2) is 8.10. The molecule has 0 bridgehead atoms. The van der Waals surface area contributed by atoms with Gasteiger partial charge in [0, 0.05) is 12.1 Å². The summed E-state index contributed by atoms with van der Waals surface area (Å²) in [5.74, 6) is -0.273. The minimum atomic E-state index is -0.541. The van der Waals surface area contributed by atoms with E-state index in [9.17, 15) is 9.59 Å². The zero-order chi connectivity index (χ0) is 19.4. The number of hydrogen-bond donors (Lipinski definition) is 0. The van der Waals surface area contributed by atoms with Crippen molar-refractivity contribution in [3.63, 3.8) is 0 Å². The van der Waals surface area contributed by atoms with Gasteiger partial charge in [-0.2, -0.15) is 0 Å². The molecule has 0 radical (unpaired) electrons. The second-order valence-corrected chi connectivity index (χ2v) is 6.26. The van der Waals surface area contributed by atoms with Crippen LogP contribution in [0.15, 0.2) is 60.7 Å².